The lowest BCUT2D eigenvalue weighted by Crippen LogP contribution is -2.54. The Morgan fingerprint density at radius 1 is 0.806 bits per heavy atom. The second-order valence-electron chi connectivity index (χ2n) is 10.4. The Balaban J connectivity index is 1.18. The molecule has 0 aromatic heterocycles. The van der Waals surface area contributed by atoms with Crippen LogP contribution >= 0.6 is 0 Å². The van der Waals surface area contributed by atoms with E-state index in [9.17, 15) is 0 Å². The highest BCUT2D eigenvalue weighted by Gasteiger charge is 2.43. The molecular formula is C29H35NO. The summed E-state index contributed by atoms with van der Waals surface area (Å²) in [5.74, 6) is 3.56. The number of hydrogen-bond donors (Lipinski definition) is 1. The van der Waals surface area contributed by atoms with Crippen molar-refractivity contribution in [2.75, 3.05) is 0 Å². The summed E-state index contributed by atoms with van der Waals surface area (Å²) >= 11 is 0. The van der Waals surface area contributed by atoms with Crippen LogP contribution in [-0.4, -0.2) is 5.54 Å². The average Bonchev–Trinajstić information content (AvgIpc) is 2.76. The normalized spacial score (nSPS) is 27.9. The van der Waals surface area contributed by atoms with Gasteiger partial charge in [-0.1, -0.05) is 62.4 Å². The number of rotatable bonds is 6. The van der Waals surface area contributed by atoms with E-state index in [1.54, 1.807) is 0 Å². The Morgan fingerprint density at radius 2 is 1.48 bits per heavy atom. The van der Waals surface area contributed by atoms with Gasteiger partial charge in [0.1, 0.15) is 12.4 Å². The third kappa shape index (κ3) is 4.80. The van der Waals surface area contributed by atoms with E-state index in [1.807, 2.05) is 0 Å². The summed E-state index contributed by atoms with van der Waals surface area (Å²) in [7, 11) is 0. The molecule has 31 heavy (non-hydrogen) atoms. The Morgan fingerprint density at radius 3 is 2.23 bits per heavy atom. The molecule has 2 aliphatic rings. The Kier molecular flexibility index (Phi) is 5.75. The van der Waals surface area contributed by atoms with Crippen LogP contribution in [-0.2, 0) is 13.2 Å². The highest BCUT2D eigenvalue weighted by Crippen LogP contribution is 2.47. The minimum atomic E-state index is 0.352. The lowest BCUT2D eigenvalue weighted by atomic mass is 9.61. The largest absolute Gasteiger partial charge is 0.489 e. The van der Waals surface area contributed by atoms with Gasteiger partial charge in [0.2, 0.25) is 0 Å². The zero-order valence-corrected chi connectivity index (χ0v) is 18.9. The van der Waals surface area contributed by atoms with Gasteiger partial charge in [0.25, 0.3) is 0 Å². The van der Waals surface area contributed by atoms with Crippen LogP contribution in [0.25, 0.3) is 10.8 Å². The maximum absolute atomic E-state index is 6.06. The first-order chi connectivity index (χ1) is 15.1. The Labute approximate surface area is 187 Å². The van der Waals surface area contributed by atoms with Gasteiger partial charge in [-0.05, 0) is 90.0 Å². The van der Waals surface area contributed by atoms with Crippen molar-refractivity contribution >= 4 is 10.8 Å². The van der Waals surface area contributed by atoms with Gasteiger partial charge in [-0.2, -0.15) is 0 Å². The molecule has 3 aromatic rings. The molecule has 0 spiro atoms. The van der Waals surface area contributed by atoms with Crippen LogP contribution in [0.2, 0.25) is 0 Å². The predicted octanol–water partition coefficient (Wildman–Crippen LogP) is 7.11. The first-order valence-electron chi connectivity index (χ1n) is 12.0. The summed E-state index contributed by atoms with van der Waals surface area (Å²) in [6.07, 6.45) is 6.89. The molecule has 2 saturated carbocycles. The Bertz CT molecular complexity index is 1000. The first kappa shape index (κ1) is 20.6. The highest BCUT2D eigenvalue weighted by molar-refractivity contribution is 5.82. The van der Waals surface area contributed by atoms with Crippen molar-refractivity contribution in [1.29, 1.82) is 0 Å². The van der Waals surface area contributed by atoms with Crippen molar-refractivity contribution < 1.29 is 4.74 Å². The maximum Gasteiger partial charge on any atom is 0.119 e. The first-order valence-corrected chi connectivity index (χ1v) is 12.0. The fourth-order valence-electron chi connectivity index (χ4n) is 6.41. The summed E-state index contributed by atoms with van der Waals surface area (Å²) in [6.45, 7) is 6.44. The van der Waals surface area contributed by atoms with Gasteiger partial charge in [-0.25, -0.2) is 0 Å². The van der Waals surface area contributed by atoms with E-state index in [0.717, 1.165) is 30.0 Å². The maximum atomic E-state index is 6.06. The van der Waals surface area contributed by atoms with Gasteiger partial charge in [-0.15, -0.1) is 0 Å². The van der Waals surface area contributed by atoms with E-state index in [0.29, 0.717) is 12.1 Å². The SMILES string of the molecule is CC1CC2CC(C)CC(NCc3ccc(OCc4ccc5ccccc5c4)cc3)(C1)C2. The molecule has 2 nitrogen and oxygen atoms in total. The number of benzene rings is 3. The fourth-order valence-corrected chi connectivity index (χ4v) is 6.41. The zero-order chi connectivity index (χ0) is 21.3. The third-order valence-electron chi connectivity index (χ3n) is 7.44. The van der Waals surface area contributed by atoms with Crippen molar-refractivity contribution in [3.8, 4) is 5.75 Å². The van der Waals surface area contributed by atoms with E-state index >= 15 is 0 Å². The quantitative estimate of drug-likeness (QED) is 0.465. The van der Waals surface area contributed by atoms with E-state index in [2.05, 4.69) is 85.9 Å². The number of nitrogens with one attached hydrogen (secondary N) is 1. The van der Waals surface area contributed by atoms with Gasteiger partial charge in [0, 0.05) is 12.1 Å². The molecule has 0 heterocycles. The average molecular weight is 414 g/mol. The van der Waals surface area contributed by atoms with Crippen molar-refractivity contribution in [3.63, 3.8) is 0 Å². The van der Waals surface area contributed by atoms with Crippen LogP contribution < -0.4 is 10.1 Å². The number of ether oxygens (including phenoxy) is 1. The van der Waals surface area contributed by atoms with Crippen molar-refractivity contribution in [3.05, 3.63) is 77.9 Å². The van der Waals surface area contributed by atoms with Crippen LogP contribution in [0.4, 0.5) is 0 Å². The summed E-state index contributed by atoms with van der Waals surface area (Å²) in [6, 6.07) is 23.7. The molecule has 2 fully saturated rings. The Hall–Kier alpha value is -2.32. The number of fused-ring (bicyclic) bond motifs is 3. The molecule has 2 bridgehead atoms. The van der Waals surface area contributed by atoms with Crippen molar-refractivity contribution in [2.45, 2.75) is 64.6 Å². The van der Waals surface area contributed by atoms with Gasteiger partial charge in [-0.3, -0.25) is 0 Å². The molecule has 0 amide bonds. The van der Waals surface area contributed by atoms with Gasteiger partial charge >= 0.3 is 0 Å². The van der Waals surface area contributed by atoms with E-state index in [-0.39, 0.29) is 0 Å². The topological polar surface area (TPSA) is 21.3 Å². The molecule has 162 valence electrons. The van der Waals surface area contributed by atoms with E-state index < -0.39 is 0 Å². The lowest BCUT2D eigenvalue weighted by Gasteiger charge is -2.50. The standard InChI is InChI=1S/C29H35NO/c1-21-13-25-14-22(2)17-29(16-21,18-25)30-19-23-8-11-28(12-9-23)31-20-24-7-10-26-5-3-4-6-27(26)15-24/h3-12,15,21-22,25,30H,13-14,16-20H2,1-2H3. The lowest BCUT2D eigenvalue weighted by molar-refractivity contribution is 0.0542. The molecule has 2 atom stereocenters. The van der Waals surface area contributed by atoms with E-state index in [4.69, 9.17) is 4.74 Å². The molecule has 2 heteroatoms. The van der Waals surface area contributed by atoms with Crippen LogP contribution in [0.3, 0.4) is 0 Å². The summed E-state index contributed by atoms with van der Waals surface area (Å²) in [4.78, 5) is 0. The molecule has 0 saturated heterocycles. The summed E-state index contributed by atoms with van der Waals surface area (Å²) < 4.78 is 6.06. The van der Waals surface area contributed by atoms with Gasteiger partial charge < -0.3 is 10.1 Å². The smallest absolute Gasteiger partial charge is 0.119 e. The second-order valence-corrected chi connectivity index (χ2v) is 10.4. The van der Waals surface area contributed by atoms with Crippen molar-refractivity contribution in [1.82, 2.24) is 5.32 Å². The van der Waals surface area contributed by atoms with Crippen LogP contribution in [0.1, 0.15) is 57.1 Å². The molecule has 0 aliphatic heterocycles. The molecular weight excluding hydrogens is 378 g/mol. The fraction of sp³-hybridized carbons (Fsp3) is 0.448. The molecule has 0 radical (unpaired) electrons. The van der Waals surface area contributed by atoms with Gasteiger partial charge in [0.05, 0.1) is 0 Å². The van der Waals surface area contributed by atoms with Crippen LogP contribution in [0.5, 0.6) is 5.75 Å². The molecule has 3 aromatic carbocycles. The zero-order valence-electron chi connectivity index (χ0n) is 18.9. The molecule has 2 unspecified atom stereocenters. The molecule has 1 N–H and O–H groups in total. The summed E-state index contributed by atoms with van der Waals surface area (Å²) in [5.41, 5.74) is 2.90. The summed E-state index contributed by atoms with van der Waals surface area (Å²) in [5, 5.41) is 6.53. The third-order valence-corrected chi connectivity index (χ3v) is 7.44. The predicted molar refractivity (Wildman–Crippen MR) is 129 cm³/mol. The van der Waals surface area contributed by atoms with Gasteiger partial charge in [0.15, 0.2) is 0 Å². The van der Waals surface area contributed by atoms with E-state index in [1.165, 1.54) is 54.0 Å². The molecule has 2 aliphatic carbocycles. The minimum absolute atomic E-state index is 0.352. The highest BCUT2D eigenvalue weighted by atomic mass is 16.5. The van der Waals surface area contributed by atoms with Crippen LogP contribution in [0, 0.1) is 17.8 Å². The minimum Gasteiger partial charge on any atom is -0.489 e. The second kappa shape index (κ2) is 8.67. The monoisotopic (exact) mass is 413 g/mol. The number of hydrogen-bond acceptors (Lipinski definition) is 2. The van der Waals surface area contributed by atoms with Crippen molar-refractivity contribution in [2.24, 2.45) is 17.8 Å². The van der Waals surface area contributed by atoms with Crippen LogP contribution in [0.15, 0.2) is 66.7 Å². The molecule has 5 rings (SSSR count).